The Kier molecular flexibility index (Phi) is 4.11. The molecular weight excluding hydrogens is 168 g/mol. The molecule has 76 valence electrons. The molecule has 0 amide bonds. The average Bonchev–Trinajstić information content (AvgIpc) is 1.97. The van der Waals surface area contributed by atoms with Crippen molar-refractivity contribution in [2.24, 2.45) is 11.3 Å². The van der Waals surface area contributed by atoms with Gasteiger partial charge in [0.1, 0.15) is 11.7 Å². The maximum absolute atomic E-state index is 11.2. The van der Waals surface area contributed by atoms with E-state index in [0.717, 1.165) is 0 Å². The first-order chi connectivity index (χ1) is 5.74. The summed E-state index contributed by atoms with van der Waals surface area (Å²) in [5.41, 5.74) is -0.0494. The monoisotopic (exact) mass is 186 g/mol. The van der Waals surface area contributed by atoms with E-state index in [1.54, 1.807) is 6.92 Å². The summed E-state index contributed by atoms with van der Waals surface area (Å²) in [5.74, 6) is -1.22. The fourth-order valence-corrected chi connectivity index (χ4v) is 0.579. The van der Waals surface area contributed by atoms with E-state index in [1.165, 1.54) is 6.92 Å². The molecule has 0 aromatic rings. The van der Waals surface area contributed by atoms with Crippen LogP contribution in [0.15, 0.2) is 0 Å². The summed E-state index contributed by atoms with van der Waals surface area (Å²) in [6.07, 6.45) is 0. The molecule has 0 radical (unpaired) electrons. The maximum atomic E-state index is 11.2. The lowest BCUT2D eigenvalue weighted by molar-refractivity contribution is -0.153. The number of carbonyl (C=O) groups excluding carboxylic acids is 2. The molecule has 1 atom stereocenters. The van der Waals surface area contributed by atoms with Gasteiger partial charge in [-0.3, -0.25) is 9.59 Å². The molecule has 0 aromatic heterocycles. The van der Waals surface area contributed by atoms with Gasteiger partial charge in [-0.15, -0.1) is 0 Å². The van der Waals surface area contributed by atoms with Crippen molar-refractivity contribution in [1.29, 1.82) is 0 Å². The zero-order valence-electron chi connectivity index (χ0n) is 9.01. The number of esters is 1. The Balaban J connectivity index is 3.96. The summed E-state index contributed by atoms with van der Waals surface area (Å²) >= 11 is 0. The van der Waals surface area contributed by atoms with Gasteiger partial charge >= 0.3 is 5.97 Å². The molecule has 0 saturated heterocycles. The van der Waals surface area contributed by atoms with Gasteiger partial charge in [0.05, 0.1) is 6.61 Å². The van der Waals surface area contributed by atoms with Crippen LogP contribution in [0.5, 0.6) is 0 Å². The zero-order valence-corrected chi connectivity index (χ0v) is 9.01. The van der Waals surface area contributed by atoms with Crippen molar-refractivity contribution in [2.45, 2.75) is 34.6 Å². The van der Waals surface area contributed by atoms with Crippen molar-refractivity contribution in [3.63, 3.8) is 0 Å². The standard InChI is InChI=1S/C10H18O3/c1-7(8(2)11)9(12)13-6-10(3,4)5/h7H,6H2,1-5H3. The molecule has 0 saturated carbocycles. The molecule has 0 bridgehead atoms. The van der Waals surface area contributed by atoms with Gasteiger partial charge < -0.3 is 4.74 Å². The average molecular weight is 186 g/mol. The van der Waals surface area contributed by atoms with Gasteiger partial charge in [0.15, 0.2) is 0 Å². The lowest BCUT2D eigenvalue weighted by Crippen LogP contribution is -2.25. The molecule has 0 aromatic carbocycles. The summed E-state index contributed by atoms with van der Waals surface area (Å²) in [5, 5.41) is 0. The summed E-state index contributed by atoms with van der Waals surface area (Å²) in [4.78, 5) is 22.0. The van der Waals surface area contributed by atoms with Crippen LogP contribution in [0.1, 0.15) is 34.6 Å². The molecule has 0 rings (SSSR count). The first kappa shape index (κ1) is 12.1. The van der Waals surface area contributed by atoms with E-state index in [-0.39, 0.29) is 11.2 Å². The number of hydrogen-bond donors (Lipinski definition) is 0. The summed E-state index contributed by atoms with van der Waals surface area (Å²) in [6.45, 7) is 9.22. The Bertz CT molecular complexity index is 201. The Morgan fingerprint density at radius 3 is 2.08 bits per heavy atom. The fraction of sp³-hybridized carbons (Fsp3) is 0.800. The lowest BCUT2D eigenvalue weighted by atomic mass is 9.98. The quantitative estimate of drug-likeness (QED) is 0.498. The highest BCUT2D eigenvalue weighted by Crippen LogP contribution is 2.14. The van der Waals surface area contributed by atoms with E-state index in [4.69, 9.17) is 4.74 Å². The van der Waals surface area contributed by atoms with Crippen LogP contribution >= 0.6 is 0 Å². The molecule has 0 N–H and O–H groups in total. The molecule has 13 heavy (non-hydrogen) atoms. The largest absolute Gasteiger partial charge is 0.465 e. The van der Waals surface area contributed by atoms with Crippen molar-refractivity contribution < 1.29 is 14.3 Å². The second-order valence-corrected chi connectivity index (χ2v) is 4.50. The topological polar surface area (TPSA) is 43.4 Å². The van der Waals surface area contributed by atoms with E-state index in [2.05, 4.69) is 0 Å². The Labute approximate surface area is 79.5 Å². The third-order valence-corrected chi connectivity index (χ3v) is 1.61. The highest BCUT2D eigenvalue weighted by molar-refractivity contribution is 5.97. The van der Waals surface area contributed by atoms with E-state index < -0.39 is 11.9 Å². The summed E-state index contributed by atoms with van der Waals surface area (Å²) in [7, 11) is 0. The fourth-order valence-electron chi connectivity index (χ4n) is 0.579. The van der Waals surface area contributed by atoms with Crippen molar-refractivity contribution >= 4 is 11.8 Å². The van der Waals surface area contributed by atoms with Crippen LogP contribution in [-0.4, -0.2) is 18.4 Å². The molecular formula is C10H18O3. The third-order valence-electron chi connectivity index (χ3n) is 1.61. The number of hydrogen-bond acceptors (Lipinski definition) is 3. The van der Waals surface area contributed by atoms with Crippen molar-refractivity contribution in [3.8, 4) is 0 Å². The Morgan fingerprint density at radius 1 is 1.31 bits per heavy atom. The minimum Gasteiger partial charge on any atom is -0.465 e. The molecule has 0 aliphatic rings. The molecule has 1 unspecified atom stereocenters. The predicted octanol–water partition coefficient (Wildman–Crippen LogP) is 1.80. The molecule has 0 aliphatic heterocycles. The first-order valence-electron chi connectivity index (χ1n) is 4.41. The van der Waals surface area contributed by atoms with Crippen LogP contribution in [-0.2, 0) is 14.3 Å². The van der Waals surface area contributed by atoms with E-state index in [1.807, 2.05) is 20.8 Å². The number of ether oxygens (including phenoxy) is 1. The van der Waals surface area contributed by atoms with Crippen LogP contribution < -0.4 is 0 Å². The van der Waals surface area contributed by atoms with Gasteiger partial charge in [0.2, 0.25) is 0 Å². The van der Waals surface area contributed by atoms with Crippen molar-refractivity contribution in [3.05, 3.63) is 0 Å². The van der Waals surface area contributed by atoms with Crippen molar-refractivity contribution in [1.82, 2.24) is 0 Å². The van der Waals surface area contributed by atoms with Crippen molar-refractivity contribution in [2.75, 3.05) is 6.61 Å². The number of Topliss-reactive ketones (excluding diaryl/α,β-unsaturated/α-hetero) is 1. The minimum absolute atomic E-state index is 0.0494. The smallest absolute Gasteiger partial charge is 0.316 e. The van der Waals surface area contributed by atoms with Crippen LogP contribution in [0.3, 0.4) is 0 Å². The number of rotatable bonds is 3. The third kappa shape index (κ3) is 5.39. The van der Waals surface area contributed by atoms with Crippen LogP contribution in [0.2, 0.25) is 0 Å². The molecule has 3 nitrogen and oxygen atoms in total. The van der Waals surface area contributed by atoms with Gasteiger partial charge in [-0.25, -0.2) is 0 Å². The second-order valence-electron chi connectivity index (χ2n) is 4.50. The minimum atomic E-state index is -0.637. The van der Waals surface area contributed by atoms with Gasteiger partial charge in [-0.05, 0) is 19.3 Å². The second kappa shape index (κ2) is 4.40. The van der Waals surface area contributed by atoms with Crippen LogP contribution in [0.4, 0.5) is 0 Å². The van der Waals surface area contributed by atoms with Gasteiger partial charge in [0.25, 0.3) is 0 Å². The zero-order chi connectivity index (χ0) is 10.6. The first-order valence-corrected chi connectivity index (χ1v) is 4.41. The number of ketones is 1. The Morgan fingerprint density at radius 2 is 1.77 bits per heavy atom. The normalized spacial score (nSPS) is 13.6. The van der Waals surface area contributed by atoms with Crippen LogP contribution in [0, 0.1) is 11.3 Å². The molecule has 0 fully saturated rings. The molecule has 0 heterocycles. The molecule has 3 heteroatoms. The molecule has 0 aliphatic carbocycles. The lowest BCUT2D eigenvalue weighted by Gasteiger charge is -2.18. The predicted molar refractivity (Wildman–Crippen MR) is 50.3 cm³/mol. The van der Waals surface area contributed by atoms with Crippen LogP contribution in [0.25, 0.3) is 0 Å². The SMILES string of the molecule is CC(=O)C(C)C(=O)OCC(C)(C)C. The molecule has 0 spiro atoms. The Hall–Kier alpha value is -0.860. The van der Waals surface area contributed by atoms with Gasteiger partial charge in [-0.2, -0.15) is 0 Å². The maximum Gasteiger partial charge on any atom is 0.316 e. The number of carbonyl (C=O) groups is 2. The van der Waals surface area contributed by atoms with E-state index >= 15 is 0 Å². The van der Waals surface area contributed by atoms with Gasteiger partial charge in [-0.1, -0.05) is 20.8 Å². The van der Waals surface area contributed by atoms with E-state index in [9.17, 15) is 9.59 Å². The summed E-state index contributed by atoms with van der Waals surface area (Å²) < 4.78 is 4.97. The van der Waals surface area contributed by atoms with Gasteiger partial charge in [0, 0.05) is 0 Å². The highest BCUT2D eigenvalue weighted by atomic mass is 16.5. The highest BCUT2D eigenvalue weighted by Gasteiger charge is 2.21. The van der Waals surface area contributed by atoms with E-state index in [0.29, 0.717) is 6.61 Å². The summed E-state index contributed by atoms with van der Waals surface area (Å²) in [6, 6.07) is 0.